The van der Waals surface area contributed by atoms with Gasteiger partial charge < -0.3 is 69.5 Å². The molecule has 23 heteroatoms. The van der Waals surface area contributed by atoms with Crippen LogP contribution < -0.4 is 0 Å². The fourth-order valence-corrected chi connectivity index (χ4v) is 6.17. The van der Waals surface area contributed by atoms with E-state index in [0.29, 0.717) is 0 Å². The Kier molecular flexibility index (Phi) is 10.5. The summed E-state index contributed by atoms with van der Waals surface area (Å²) in [4.78, 5) is 35.8. The minimum absolute atomic E-state index is 0.831. The first kappa shape index (κ1) is 31.2. The van der Waals surface area contributed by atoms with Gasteiger partial charge in [-0.2, -0.15) is 8.62 Å². The summed E-state index contributed by atoms with van der Waals surface area (Å²) in [5.41, 5.74) is 0. The highest BCUT2D eigenvalue weighted by Gasteiger charge is 2.53. The summed E-state index contributed by atoms with van der Waals surface area (Å²) in [5, 5.41) is 68.9. The van der Waals surface area contributed by atoms with Crippen LogP contribution in [0.15, 0.2) is 0 Å². The molecule has 35 heavy (non-hydrogen) atoms. The third-order valence-corrected chi connectivity index (χ3v) is 8.41. The number of ether oxygens (including phenoxy) is 3. The molecule has 2 heterocycles. The van der Waals surface area contributed by atoms with Gasteiger partial charge in [0.05, 0.1) is 13.2 Å². The summed E-state index contributed by atoms with van der Waals surface area (Å²) in [7, 11) is -17.4. The Morgan fingerprint density at radius 1 is 0.629 bits per heavy atom. The van der Waals surface area contributed by atoms with Crippen molar-refractivity contribution in [2.45, 2.75) is 61.4 Å². The Balaban J connectivity index is 2.13. The monoisotopic (exact) mass is 582 g/mol. The summed E-state index contributed by atoms with van der Waals surface area (Å²) >= 11 is 0. The van der Waals surface area contributed by atoms with Crippen LogP contribution in [-0.2, 0) is 41.1 Å². The van der Waals surface area contributed by atoms with Crippen molar-refractivity contribution in [3.8, 4) is 0 Å². The number of aliphatic hydroxyl groups excluding tert-OH is 7. The average molecular weight is 582 g/mol. The van der Waals surface area contributed by atoms with Crippen LogP contribution in [0.5, 0.6) is 0 Å². The van der Waals surface area contributed by atoms with Crippen molar-refractivity contribution in [1.82, 2.24) is 0 Å². The van der Waals surface area contributed by atoms with E-state index in [1.54, 1.807) is 0 Å². The van der Waals surface area contributed by atoms with E-state index in [1.165, 1.54) is 0 Å². The van der Waals surface area contributed by atoms with Gasteiger partial charge in [-0.3, -0.25) is 4.52 Å². The van der Waals surface area contributed by atoms with Crippen molar-refractivity contribution in [2.75, 3.05) is 13.2 Å². The molecule has 20 nitrogen and oxygen atoms in total. The van der Waals surface area contributed by atoms with Gasteiger partial charge in [0.1, 0.15) is 48.8 Å². The molecule has 2 fully saturated rings. The van der Waals surface area contributed by atoms with E-state index in [1.807, 2.05) is 0 Å². The SMILES string of the molecule is O=P(O)(O)OP(=O)(O)OP(=O)(O)O[C@@H]1O[C@H](CO)[C@@H](O[C@@H]2O[C@H](CO)[C@H](O)[C@H](O)[C@H]2O)[C@H](O)[C@H]1O. The quantitative estimate of drug-likeness (QED) is 0.107. The minimum atomic E-state index is -5.91. The van der Waals surface area contributed by atoms with Crippen molar-refractivity contribution >= 4 is 23.5 Å². The number of hydrogen-bond donors (Lipinski definition) is 11. The minimum Gasteiger partial charge on any atom is -0.394 e. The summed E-state index contributed by atoms with van der Waals surface area (Å²) < 4.78 is 60.6. The molecular weight excluding hydrogens is 557 g/mol. The Labute approximate surface area is 195 Å². The number of phosphoric acid groups is 3. The zero-order valence-corrected chi connectivity index (χ0v) is 19.8. The molecule has 2 aliphatic rings. The molecular formula is C12H25O20P3. The molecule has 0 aliphatic carbocycles. The highest BCUT2D eigenvalue weighted by atomic mass is 31.3. The smallest absolute Gasteiger partial charge is 0.394 e. The molecule has 0 aromatic rings. The molecule has 208 valence electrons. The Bertz CT molecular complexity index is 845. The van der Waals surface area contributed by atoms with Gasteiger partial charge in [-0.15, -0.1) is 0 Å². The molecule has 0 radical (unpaired) electrons. The Morgan fingerprint density at radius 3 is 1.66 bits per heavy atom. The maximum absolute atomic E-state index is 12.0. The summed E-state index contributed by atoms with van der Waals surface area (Å²) in [6.07, 6.45) is -19.3. The second-order valence-electron chi connectivity index (χ2n) is 7.20. The third-order valence-electron chi connectivity index (χ3n) is 4.61. The first-order chi connectivity index (χ1) is 15.9. The van der Waals surface area contributed by atoms with Crippen molar-refractivity contribution < 1.29 is 96.4 Å². The van der Waals surface area contributed by atoms with Crippen LogP contribution in [-0.4, -0.2) is 130 Å². The van der Waals surface area contributed by atoms with Crippen molar-refractivity contribution in [2.24, 2.45) is 0 Å². The molecule has 0 spiro atoms. The predicted octanol–water partition coefficient (Wildman–Crippen LogP) is -5.05. The molecule has 2 saturated heterocycles. The van der Waals surface area contributed by atoms with Gasteiger partial charge in [0.15, 0.2) is 12.6 Å². The largest absolute Gasteiger partial charge is 0.490 e. The molecule has 12 atom stereocenters. The first-order valence-electron chi connectivity index (χ1n) is 9.32. The van der Waals surface area contributed by atoms with Crippen LogP contribution in [0.25, 0.3) is 0 Å². The normalized spacial score (nSPS) is 42.3. The maximum Gasteiger partial charge on any atom is 0.490 e. The van der Waals surface area contributed by atoms with Crippen molar-refractivity contribution in [3.05, 3.63) is 0 Å². The van der Waals surface area contributed by atoms with Gasteiger partial charge in [-0.1, -0.05) is 0 Å². The highest BCUT2D eigenvalue weighted by Crippen LogP contribution is 2.66. The predicted molar refractivity (Wildman–Crippen MR) is 101 cm³/mol. The number of aliphatic hydroxyl groups is 7. The van der Waals surface area contributed by atoms with Gasteiger partial charge >= 0.3 is 23.5 Å². The van der Waals surface area contributed by atoms with Crippen LogP contribution in [0.2, 0.25) is 0 Å². The van der Waals surface area contributed by atoms with E-state index in [-0.39, 0.29) is 0 Å². The number of rotatable bonds is 10. The summed E-state index contributed by atoms with van der Waals surface area (Å²) in [6, 6.07) is 0. The third kappa shape index (κ3) is 8.25. The number of phosphoric ester groups is 1. The van der Waals surface area contributed by atoms with E-state index < -0.39 is 98.1 Å². The molecule has 2 aliphatic heterocycles. The lowest BCUT2D eigenvalue weighted by molar-refractivity contribution is -0.353. The Hall–Kier alpha value is 0.0100. The molecule has 0 aromatic carbocycles. The van der Waals surface area contributed by atoms with Crippen LogP contribution in [0.1, 0.15) is 0 Å². The molecule has 0 bridgehead atoms. The topological polar surface area (TPSA) is 329 Å². The zero-order chi connectivity index (χ0) is 26.9. The zero-order valence-electron chi connectivity index (χ0n) is 17.1. The van der Waals surface area contributed by atoms with Crippen LogP contribution in [0.4, 0.5) is 0 Å². The fraction of sp³-hybridized carbons (Fsp3) is 1.00. The van der Waals surface area contributed by atoms with E-state index in [4.69, 9.17) is 28.9 Å². The molecule has 0 saturated carbocycles. The lowest BCUT2D eigenvalue weighted by Gasteiger charge is -2.45. The van der Waals surface area contributed by atoms with Gasteiger partial charge in [-0.25, -0.2) is 13.7 Å². The lowest BCUT2D eigenvalue weighted by Crippen LogP contribution is -2.64. The summed E-state index contributed by atoms with van der Waals surface area (Å²) in [6.45, 7) is -1.88. The molecule has 0 amide bonds. The van der Waals surface area contributed by atoms with Crippen molar-refractivity contribution in [1.29, 1.82) is 0 Å². The second-order valence-corrected chi connectivity index (χ2v) is 11.6. The number of hydrogen-bond acceptors (Lipinski definition) is 16. The van der Waals surface area contributed by atoms with Crippen molar-refractivity contribution in [3.63, 3.8) is 0 Å². The maximum atomic E-state index is 12.0. The van der Waals surface area contributed by atoms with E-state index >= 15 is 0 Å². The van der Waals surface area contributed by atoms with Gasteiger partial charge in [0.2, 0.25) is 0 Å². The van der Waals surface area contributed by atoms with Crippen LogP contribution in [0, 0.1) is 0 Å². The molecule has 11 N–H and O–H groups in total. The van der Waals surface area contributed by atoms with E-state index in [0.717, 1.165) is 0 Å². The van der Waals surface area contributed by atoms with Crippen LogP contribution in [0.3, 0.4) is 0 Å². The second kappa shape index (κ2) is 11.8. The van der Waals surface area contributed by atoms with Gasteiger partial charge in [0.25, 0.3) is 0 Å². The average Bonchev–Trinajstić information content (AvgIpc) is 2.70. The van der Waals surface area contributed by atoms with Gasteiger partial charge in [-0.05, 0) is 0 Å². The standard InChI is InChI=1S/C12H25O20P3/c13-1-3-5(15)6(16)8(18)11(27-3)29-10-4(2-14)28-12(9(19)7(10)17)30-34(23,24)32-35(25,26)31-33(20,21)22/h3-19H,1-2H2,(H,23,24)(H,25,26)(H2,20,21,22)/t3-,4-,5+,6+,7-,8-,9-,10-,11+,12+/m1/s1. The molecule has 2 rings (SSSR count). The first-order valence-corrected chi connectivity index (χ1v) is 13.8. The van der Waals surface area contributed by atoms with Crippen LogP contribution >= 0.6 is 23.5 Å². The van der Waals surface area contributed by atoms with E-state index in [9.17, 15) is 54.3 Å². The molecule has 2 unspecified atom stereocenters. The van der Waals surface area contributed by atoms with E-state index in [2.05, 4.69) is 13.1 Å². The summed E-state index contributed by atoms with van der Waals surface area (Å²) in [5.74, 6) is 0. The lowest BCUT2D eigenvalue weighted by atomic mass is 9.97. The fourth-order valence-electron chi connectivity index (χ4n) is 3.07. The Morgan fingerprint density at radius 2 is 1.14 bits per heavy atom. The highest BCUT2D eigenvalue weighted by molar-refractivity contribution is 7.66. The van der Waals surface area contributed by atoms with Gasteiger partial charge in [0, 0.05) is 0 Å². The molecule has 0 aromatic heterocycles.